The highest BCUT2D eigenvalue weighted by atomic mass is 35.5. The van der Waals surface area contributed by atoms with Crippen LogP contribution in [0.5, 0.6) is 0 Å². The zero-order valence-electron chi connectivity index (χ0n) is 23.8. The topological polar surface area (TPSA) is 99.0 Å². The van der Waals surface area contributed by atoms with Crippen LogP contribution in [0, 0.1) is 0 Å². The highest BCUT2D eigenvalue weighted by Gasteiger charge is 2.14. The molecule has 3 aromatic heterocycles. The number of hydrogen-bond acceptors (Lipinski definition) is 4. The molecule has 0 saturated heterocycles. The Morgan fingerprint density at radius 1 is 0.682 bits per heavy atom. The number of carboxylic acid groups (broad SMARTS) is 1. The molecule has 4 aromatic carbocycles. The number of fused-ring (bicyclic) bond motifs is 2. The van der Waals surface area contributed by atoms with Crippen molar-refractivity contribution in [1.29, 1.82) is 0 Å². The fraction of sp³-hybridized carbons (Fsp3) is 0.0833. The van der Waals surface area contributed by atoms with Gasteiger partial charge in [0.1, 0.15) is 0 Å². The normalized spacial score (nSPS) is 10.9. The second-order valence-electron chi connectivity index (χ2n) is 10.6. The quantitative estimate of drug-likeness (QED) is 0.183. The van der Waals surface area contributed by atoms with Gasteiger partial charge in [-0.15, -0.1) is 5.10 Å². The number of nitrogens with two attached hydrogens (primary N) is 1. The van der Waals surface area contributed by atoms with Crippen LogP contribution in [0.1, 0.15) is 32.7 Å². The molecule has 3 heterocycles. The van der Waals surface area contributed by atoms with E-state index < -0.39 is 5.97 Å². The summed E-state index contributed by atoms with van der Waals surface area (Å²) in [6.07, 6.45) is 4.55. The summed E-state index contributed by atoms with van der Waals surface area (Å²) in [7, 11) is 0. The average molecular weight is 600 g/mol. The fourth-order valence-electron chi connectivity index (χ4n) is 5.32. The number of halogens is 1. The summed E-state index contributed by atoms with van der Waals surface area (Å²) in [6, 6.07) is 38.4. The Morgan fingerprint density at radius 3 is 1.84 bits per heavy atom. The summed E-state index contributed by atoms with van der Waals surface area (Å²) in [6.45, 7) is 1.70. The number of nitrogens with zero attached hydrogens (tertiary/aromatic N) is 4. The van der Waals surface area contributed by atoms with E-state index in [0.717, 1.165) is 35.2 Å². The van der Waals surface area contributed by atoms with Gasteiger partial charge in [-0.05, 0) is 70.6 Å². The van der Waals surface area contributed by atoms with Crippen LogP contribution in [0.4, 0.5) is 5.69 Å². The number of nitrogen functional groups attached to an aromatic ring is 1. The third kappa shape index (κ3) is 6.64. The summed E-state index contributed by atoms with van der Waals surface area (Å²) in [5.74, 6) is -1.06. The van der Waals surface area contributed by atoms with Crippen LogP contribution in [0.2, 0.25) is 5.15 Å². The van der Waals surface area contributed by atoms with E-state index in [0.29, 0.717) is 12.1 Å². The average Bonchev–Trinajstić information content (AvgIpc) is 3.62. The minimum absolute atomic E-state index is 0.0737. The zero-order chi connectivity index (χ0) is 30.5. The first-order chi connectivity index (χ1) is 21.4. The lowest BCUT2D eigenvalue weighted by Crippen LogP contribution is -2.07. The highest BCUT2D eigenvalue weighted by Crippen LogP contribution is 2.22. The van der Waals surface area contributed by atoms with Gasteiger partial charge >= 0.3 is 5.97 Å². The van der Waals surface area contributed by atoms with Gasteiger partial charge in [-0.25, -0.2) is 4.79 Å². The van der Waals surface area contributed by atoms with Gasteiger partial charge in [0.15, 0.2) is 5.15 Å². The molecule has 0 spiro atoms. The second-order valence-corrected chi connectivity index (χ2v) is 11.0. The van der Waals surface area contributed by atoms with E-state index in [1.54, 1.807) is 0 Å². The maximum Gasteiger partial charge on any atom is 0.337 e. The van der Waals surface area contributed by atoms with Crippen molar-refractivity contribution in [2.75, 3.05) is 5.73 Å². The van der Waals surface area contributed by atoms with Gasteiger partial charge in [0.05, 0.1) is 11.3 Å². The Hall–Kier alpha value is -5.40. The molecule has 0 radical (unpaired) electrons. The maximum atomic E-state index is 11.4. The lowest BCUT2D eigenvalue weighted by Gasteiger charge is -2.08. The van der Waals surface area contributed by atoms with Crippen molar-refractivity contribution in [2.24, 2.45) is 0 Å². The van der Waals surface area contributed by atoms with Gasteiger partial charge in [0.25, 0.3) is 0 Å². The van der Waals surface area contributed by atoms with Gasteiger partial charge < -0.3 is 20.0 Å². The van der Waals surface area contributed by atoms with Gasteiger partial charge in [-0.3, -0.25) is 0 Å². The number of carboxylic acids is 1. The molecule has 0 fully saturated rings. The summed E-state index contributed by atoms with van der Waals surface area (Å²) in [5.41, 5.74) is 12.9. The summed E-state index contributed by atoms with van der Waals surface area (Å²) in [5, 5.41) is 19.5. The van der Waals surface area contributed by atoms with Gasteiger partial charge in [-0.2, -0.15) is 5.10 Å². The molecule has 0 aliphatic rings. The first-order valence-corrected chi connectivity index (χ1v) is 14.6. The van der Waals surface area contributed by atoms with Crippen LogP contribution in [-0.2, 0) is 19.5 Å². The Labute approximate surface area is 259 Å². The Balaban J connectivity index is 0.000000173. The Morgan fingerprint density at radius 2 is 1.25 bits per heavy atom. The van der Waals surface area contributed by atoms with Crippen molar-refractivity contribution >= 4 is 45.1 Å². The smallest absolute Gasteiger partial charge is 0.337 e. The first-order valence-electron chi connectivity index (χ1n) is 14.2. The number of rotatable bonds is 7. The van der Waals surface area contributed by atoms with E-state index in [4.69, 9.17) is 17.3 Å². The number of hydrogen-bond donors (Lipinski definition) is 2. The maximum absolute atomic E-state index is 11.4. The van der Waals surface area contributed by atoms with Crippen molar-refractivity contribution in [1.82, 2.24) is 19.3 Å². The standard InChI is InChI=1S/C21H16ClN3O2.C15H14N2/c22-20-12-17(21(26)27)18(23-24-20)11-15-6-7-19-16(10-15)8-9-25(19)13-14-4-2-1-3-5-14;16-14-6-7-15-13(10-14)8-9-17(15)11-12-4-2-1-3-5-12/h1-10,12H,11,13H2,(H,26,27);1-10H,11,16H2. The summed E-state index contributed by atoms with van der Waals surface area (Å²) >= 11 is 5.77. The summed E-state index contributed by atoms with van der Waals surface area (Å²) < 4.78 is 4.43. The van der Waals surface area contributed by atoms with E-state index in [9.17, 15) is 9.90 Å². The Bertz CT molecular complexity index is 2050. The monoisotopic (exact) mass is 599 g/mol. The molecular formula is C36H30ClN5O2. The number of benzene rings is 4. The molecule has 0 atom stereocenters. The Kier molecular flexibility index (Phi) is 8.39. The van der Waals surface area contributed by atoms with Crippen molar-refractivity contribution < 1.29 is 9.90 Å². The van der Waals surface area contributed by atoms with Gasteiger partial charge in [0, 0.05) is 54.0 Å². The van der Waals surface area contributed by atoms with Crippen molar-refractivity contribution in [3.05, 3.63) is 161 Å². The predicted octanol–water partition coefficient (Wildman–Crippen LogP) is 7.69. The van der Waals surface area contributed by atoms with Crippen LogP contribution < -0.4 is 5.73 Å². The van der Waals surface area contributed by atoms with Crippen molar-refractivity contribution in [2.45, 2.75) is 19.5 Å². The number of carbonyl (C=O) groups is 1. The van der Waals surface area contributed by atoms with Crippen LogP contribution >= 0.6 is 11.6 Å². The minimum atomic E-state index is -1.06. The molecule has 0 aliphatic carbocycles. The van der Waals surface area contributed by atoms with Crippen LogP contribution in [0.3, 0.4) is 0 Å². The van der Waals surface area contributed by atoms with Crippen LogP contribution in [0.15, 0.2) is 128 Å². The molecule has 0 amide bonds. The van der Waals surface area contributed by atoms with Gasteiger partial charge in [-0.1, -0.05) is 78.3 Å². The van der Waals surface area contributed by atoms with Crippen molar-refractivity contribution in [3.63, 3.8) is 0 Å². The molecule has 8 heteroatoms. The fourth-order valence-corrected chi connectivity index (χ4v) is 5.46. The van der Waals surface area contributed by atoms with E-state index in [1.165, 1.54) is 28.1 Å². The second kappa shape index (κ2) is 12.9. The molecule has 0 bridgehead atoms. The SMILES string of the molecule is Nc1ccc2c(ccn2Cc2ccccc2)c1.O=C(O)c1cc(Cl)nnc1Cc1ccc2c(ccn2Cc2ccccc2)c1. The number of aromatic carboxylic acids is 1. The molecular weight excluding hydrogens is 570 g/mol. The van der Waals surface area contributed by atoms with Gasteiger partial charge in [0.2, 0.25) is 0 Å². The molecule has 0 unspecified atom stereocenters. The largest absolute Gasteiger partial charge is 0.478 e. The molecule has 0 aliphatic heterocycles. The number of aromatic nitrogens is 4. The van der Waals surface area contributed by atoms with E-state index in [-0.39, 0.29) is 10.7 Å². The number of anilines is 1. The lowest BCUT2D eigenvalue weighted by atomic mass is 10.0. The van der Waals surface area contributed by atoms with E-state index in [2.05, 4.69) is 98.5 Å². The third-order valence-electron chi connectivity index (χ3n) is 7.46. The highest BCUT2D eigenvalue weighted by molar-refractivity contribution is 6.29. The summed E-state index contributed by atoms with van der Waals surface area (Å²) in [4.78, 5) is 11.4. The van der Waals surface area contributed by atoms with Crippen LogP contribution in [-0.4, -0.2) is 30.4 Å². The molecule has 7 aromatic rings. The predicted molar refractivity (Wildman–Crippen MR) is 176 cm³/mol. The molecule has 7 nitrogen and oxygen atoms in total. The molecule has 0 saturated carbocycles. The third-order valence-corrected chi connectivity index (χ3v) is 7.65. The lowest BCUT2D eigenvalue weighted by molar-refractivity contribution is 0.0695. The molecule has 218 valence electrons. The van der Waals surface area contributed by atoms with E-state index in [1.807, 2.05) is 42.5 Å². The minimum Gasteiger partial charge on any atom is -0.478 e. The molecule has 3 N–H and O–H groups in total. The zero-order valence-corrected chi connectivity index (χ0v) is 24.6. The van der Waals surface area contributed by atoms with Crippen LogP contribution in [0.25, 0.3) is 21.8 Å². The molecule has 7 rings (SSSR count). The molecule has 44 heavy (non-hydrogen) atoms. The van der Waals surface area contributed by atoms with Crippen molar-refractivity contribution in [3.8, 4) is 0 Å². The van der Waals surface area contributed by atoms with E-state index >= 15 is 0 Å². The first kappa shape index (κ1) is 28.7.